The van der Waals surface area contributed by atoms with E-state index in [-0.39, 0.29) is 6.09 Å². The van der Waals surface area contributed by atoms with Crippen LogP contribution >= 0.6 is 0 Å². The molecule has 0 saturated carbocycles. The third-order valence-corrected chi connectivity index (χ3v) is 5.06. The monoisotopic (exact) mass is 434 g/mol. The number of nitrogens with two attached hydrogens (primary N) is 1. The highest BCUT2D eigenvalue weighted by Gasteiger charge is 2.24. The van der Waals surface area contributed by atoms with Gasteiger partial charge in [0, 0.05) is 31.9 Å². The normalized spacial score (nSPS) is 13.5. The second kappa shape index (κ2) is 9.86. The predicted molar refractivity (Wildman–Crippen MR) is 123 cm³/mol. The zero-order valence-electron chi connectivity index (χ0n) is 17.9. The molecule has 0 aliphatic carbocycles. The summed E-state index contributed by atoms with van der Waals surface area (Å²) in [5.41, 5.74) is 7.66. The van der Waals surface area contributed by atoms with Crippen LogP contribution in [0.15, 0.2) is 60.9 Å². The molecule has 32 heavy (non-hydrogen) atoms. The summed E-state index contributed by atoms with van der Waals surface area (Å²) in [5.74, 6) is 2.69. The van der Waals surface area contributed by atoms with Gasteiger partial charge < -0.3 is 30.3 Å². The van der Waals surface area contributed by atoms with Crippen LogP contribution in [0.4, 0.5) is 27.8 Å². The number of benzene rings is 2. The molecule has 2 heterocycles. The molecule has 0 radical (unpaired) electrons. The van der Waals surface area contributed by atoms with Crippen LogP contribution < -0.4 is 20.7 Å². The maximum Gasteiger partial charge on any atom is 0.409 e. The van der Waals surface area contributed by atoms with Gasteiger partial charge in [0.25, 0.3) is 0 Å². The lowest BCUT2D eigenvalue weighted by Gasteiger charge is -2.35. The molecular formula is C23H26N6O3. The summed E-state index contributed by atoms with van der Waals surface area (Å²) in [4.78, 5) is 24.3. The van der Waals surface area contributed by atoms with Crippen molar-refractivity contribution in [3.05, 3.63) is 60.9 Å². The van der Waals surface area contributed by atoms with Gasteiger partial charge in [0.15, 0.2) is 11.6 Å². The van der Waals surface area contributed by atoms with E-state index in [1.165, 1.54) is 6.33 Å². The van der Waals surface area contributed by atoms with Crippen LogP contribution in [0.2, 0.25) is 0 Å². The molecule has 3 aromatic rings. The van der Waals surface area contributed by atoms with Gasteiger partial charge in [-0.2, -0.15) is 0 Å². The fourth-order valence-electron chi connectivity index (χ4n) is 3.42. The van der Waals surface area contributed by atoms with Crippen LogP contribution in [-0.4, -0.2) is 53.7 Å². The number of carbonyl (C=O) groups excluding carboxylic acids is 1. The van der Waals surface area contributed by atoms with E-state index in [4.69, 9.17) is 15.2 Å². The van der Waals surface area contributed by atoms with Crippen LogP contribution in [0.3, 0.4) is 0 Å². The fraction of sp³-hybridized carbons (Fsp3) is 0.261. The summed E-state index contributed by atoms with van der Waals surface area (Å²) >= 11 is 0. The second-order valence-corrected chi connectivity index (χ2v) is 7.20. The number of anilines is 4. The number of hydrogen-bond donors (Lipinski definition) is 2. The van der Waals surface area contributed by atoms with E-state index in [0.29, 0.717) is 50.1 Å². The molecule has 3 N–H and O–H groups in total. The number of nitrogen functional groups attached to an aromatic ring is 1. The minimum absolute atomic E-state index is 0.287. The van der Waals surface area contributed by atoms with Crippen molar-refractivity contribution < 1.29 is 14.3 Å². The molecule has 0 atom stereocenters. The Kier molecular flexibility index (Phi) is 6.54. The zero-order valence-corrected chi connectivity index (χ0v) is 17.9. The first-order valence-corrected chi connectivity index (χ1v) is 10.5. The number of nitrogens with zero attached hydrogens (tertiary/aromatic N) is 4. The minimum Gasteiger partial charge on any atom is -0.457 e. The number of ether oxygens (including phenoxy) is 2. The van der Waals surface area contributed by atoms with Crippen molar-refractivity contribution in [3.8, 4) is 11.5 Å². The molecule has 166 valence electrons. The Hall–Kier alpha value is -4.01. The van der Waals surface area contributed by atoms with Crippen LogP contribution in [0.1, 0.15) is 6.92 Å². The first-order chi connectivity index (χ1) is 15.6. The van der Waals surface area contributed by atoms with Crippen LogP contribution in [0.25, 0.3) is 0 Å². The topological polar surface area (TPSA) is 106 Å². The highest BCUT2D eigenvalue weighted by Crippen LogP contribution is 2.30. The van der Waals surface area contributed by atoms with Gasteiger partial charge in [0.1, 0.15) is 23.5 Å². The fourth-order valence-corrected chi connectivity index (χ4v) is 3.42. The summed E-state index contributed by atoms with van der Waals surface area (Å²) < 4.78 is 10.9. The van der Waals surface area contributed by atoms with Gasteiger partial charge in [0.2, 0.25) is 0 Å². The number of amides is 1. The van der Waals surface area contributed by atoms with E-state index < -0.39 is 0 Å². The average Bonchev–Trinajstić information content (AvgIpc) is 2.83. The van der Waals surface area contributed by atoms with Crippen molar-refractivity contribution in [2.75, 3.05) is 48.7 Å². The smallest absolute Gasteiger partial charge is 0.409 e. The van der Waals surface area contributed by atoms with Crippen molar-refractivity contribution in [2.45, 2.75) is 6.92 Å². The molecule has 1 saturated heterocycles. The molecule has 2 aromatic carbocycles. The molecule has 1 aromatic heterocycles. The van der Waals surface area contributed by atoms with E-state index in [1.54, 1.807) is 11.8 Å². The Bertz CT molecular complexity index is 1040. The SMILES string of the molecule is CCOC(=O)N1CCN(c2ncnc(Nc3ccc(Oc4ccccc4)cc3)c2N)CC1. The number of nitrogens with one attached hydrogen (secondary N) is 1. The van der Waals surface area contributed by atoms with Crippen molar-refractivity contribution in [2.24, 2.45) is 0 Å². The number of carbonyl (C=O) groups is 1. The van der Waals surface area contributed by atoms with E-state index in [0.717, 1.165) is 17.2 Å². The molecule has 1 aliphatic heterocycles. The zero-order chi connectivity index (χ0) is 22.3. The number of hydrogen-bond acceptors (Lipinski definition) is 8. The first kappa shape index (κ1) is 21.2. The average molecular weight is 435 g/mol. The standard InChI is InChI=1S/C23H26N6O3/c1-2-31-23(30)29-14-12-28(13-15-29)22-20(24)21(25-16-26-22)27-17-8-10-19(11-9-17)32-18-6-4-3-5-7-18/h3-11,16H,2,12-15,24H2,1H3,(H,25,26,27). The van der Waals surface area contributed by atoms with Crippen LogP contribution in [0.5, 0.6) is 11.5 Å². The largest absolute Gasteiger partial charge is 0.457 e. The van der Waals surface area contributed by atoms with Crippen molar-refractivity contribution in [1.29, 1.82) is 0 Å². The van der Waals surface area contributed by atoms with Gasteiger partial charge >= 0.3 is 6.09 Å². The van der Waals surface area contributed by atoms with Crippen LogP contribution in [0, 0.1) is 0 Å². The molecule has 4 rings (SSSR count). The Morgan fingerprint density at radius 1 is 1.00 bits per heavy atom. The lowest BCUT2D eigenvalue weighted by atomic mass is 10.2. The molecule has 1 amide bonds. The van der Waals surface area contributed by atoms with E-state index >= 15 is 0 Å². The maximum absolute atomic E-state index is 11.9. The first-order valence-electron chi connectivity index (χ1n) is 10.5. The second-order valence-electron chi connectivity index (χ2n) is 7.20. The number of piperazine rings is 1. The molecule has 9 nitrogen and oxygen atoms in total. The molecule has 1 fully saturated rings. The van der Waals surface area contributed by atoms with E-state index in [1.807, 2.05) is 54.6 Å². The third-order valence-electron chi connectivity index (χ3n) is 5.06. The van der Waals surface area contributed by atoms with Gasteiger partial charge in [-0.25, -0.2) is 14.8 Å². The van der Waals surface area contributed by atoms with Gasteiger partial charge in [-0.05, 0) is 43.3 Å². The molecule has 1 aliphatic rings. The summed E-state index contributed by atoms with van der Waals surface area (Å²) in [6.07, 6.45) is 1.20. The maximum atomic E-state index is 11.9. The van der Waals surface area contributed by atoms with E-state index in [9.17, 15) is 4.79 Å². The quantitative estimate of drug-likeness (QED) is 0.602. The van der Waals surface area contributed by atoms with Crippen molar-refractivity contribution in [3.63, 3.8) is 0 Å². The summed E-state index contributed by atoms with van der Waals surface area (Å²) in [5, 5.41) is 3.24. The minimum atomic E-state index is -0.287. The molecule has 0 spiro atoms. The highest BCUT2D eigenvalue weighted by atomic mass is 16.6. The Balaban J connectivity index is 1.40. The van der Waals surface area contributed by atoms with E-state index in [2.05, 4.69) is 20.2 Å². The number of para-hydroxylation sites is 1. The third kappa shape index (κ3) is 5.00. The van der Waals surface area contributed by atoms with Gasteiger partial charge in [-0.1, -0.05) is 18.2 Å². The summed E-state index contributed by atoms with van der Waals surface area (Å²) in [6, 6.07) is 17.2. The van der Waals surface area contributed by atoms with Crippen LogP contribution in [-0.2, 0) is 4.74 Å². The molecule has 0 unspecified atom stereocenters. The lowest BCUT2D eigenvalue weighted by Crippen LogP contribution is -2.49. The number of rotatable bonds is 6. The highest BCUT2D eigenvalue weighted by molar-refractivity contribution is 5.78. The Morgan fingerprint density at radius 3 is 2.38 bits per heavy atom. The molecule has 9 heteroatoms. The van der Waals surface area contributed by atoms with Gasteiger partial charge in [-0.15, -0.1) is 0 Å². The Morgan fingerprint density at radius 2 is 1.69 bits per heavy atom. The number of aromatic nitrogens is 2. The van der Waals surface area contributed by atoms with Crippen molar-refractivity contribution >= 4 is 29.1 Å². The Labute approximate surface area is 186 Å². The lowest BCUT2D eigenvalue weighted by molar-refractivity contribution is 0.105. The van der Waals surface area contributed by atoms with Crippen molar-refractivity contribution in [1.82, 2.24) is 14.9 Å². The summed E-state index contributed by atoms with van der Waals surface area (Å²) in [7, 11) is 0. The van der Waals surface area contributed by atoms with Gasteiger partial charge in [-0.3, -0.25) is 0 Å². The predicted octanol–water partition coefficient (Wildman–Crippen LogP) is 3.87. The summed E-state index contributed by atoms with van der Waals surface area (Å²) in [6.45, 7) is 4.50. The molecule has 0 bridgehead atoms. The molecular weight excluding hydrogens is 408 g/mol. The van der Waals surface area contributed by atoms with Gasteiger partial charge in [0.05, 0.1) is 6.61 Å².